The van der Waals surface area contributed by atoms with Gasteiger partial charge >= 0.3 is 6.18 Å². The van der Waals surface area contributed by atoms with Crippen molar-refractivity contribution >= 4 is 0 Å². The lowest BCUT2D eigenvalue weighted by molar-refractivity contribution is -0.211. The Morgan fingerprint density at radius 1 is 1.30 bits per heavy atom. The quantitative estimate of drug-likeness (QED) is 0.702. The fourth-order valence-electron chi connectivity index (χ4n) is 2.95. The molecule has 0 saturated carbocycles. The number of nitrogens with zero attached hydrogens (tertiary/aromatic N) is 1. The highest BCUT2D eigenvalue weighted by Crippen LogP contribution is 2.42. The summed E-state index contributed by atoms with van der Waals surface area (Å²) in [6.45, 7) is 5.16. The molecule has 0 bridgehead atoms. The van der Waals surface area contributed by atoms with Crippen LogP contribution in [0.2, 0.25) is 0 Å². The normalized spacial score (nSPS) is 29.6. The van der Waals surface area contributed by atoms with Crippen LogP contribution < -0.4 is 0 Å². The van der Waals surface area contributed by atoms with Crippen LogP contribution >= 0.6 is 0 Å². The molecule has 0 aromatic carbocycles. The zero-order valence-corrected chi connectivity index (χ0v) is 11.7. The van der Waals surface area contributed by atoms with E-state index in [-0.39, 0.29) is 5.92 Å². The number of hydrogen-bond donors (Lipinski definition) is 0. The van der Waals surface area contributed by atoms with E-state index < -0.39 is 18.3 Å². The molecule has 2 aliphatic rings. The second-order valence-electron chi connectivity index (χ2n) is 5.72. The minimum absolute atomic E-state index is 0.275. The average molecular weight is 291 g/mol. The number of alkyl halides is 4. The number of rotatable bonds is 3. The molecular weight excluding hydrogens is 270 g/mol. The van der Waals surface area contributed by atoms with Gasteiger partial charge in [-0.05, 0) is 56.5 Å². The summed E-state index contributed by atoms with van der Waals surface area (Å²) in [6.07, 6.45) is 1.07. The Balaban J connectivity index is 1.93. The minimum atomic E-state index is -4.82. The summed E-state index contributed by atoms with van der Waals surface area (Å²) in [5.74, 6) is 0.275. The van der Waals surface area contributed by atoms with Crippen molar-refractivity contribution in [2.45, 2.75) is 44.5 Å². The maximum Gasteiger partial charge on any atom is 0.426 e. The standard InChI is InChI=1S/C15H21F4N/c1-2-9-20-10-5-13(6-11-20)12-3-7-14(16,8-4-12)15(17,18)19/h3-4,7,13H,2,5-6,8-11H2,1H3. The molecule has 1 unspecified atom stereocenters. The van der Waals surface area contributed by atoms with E-state index in [1.807, 2.05) is 0 Å². The Bertz CT molecular complexity index is 391. The summed E-state index contributed by atoms with van der Waals surface area (Å²) in [6, 6.07) is 0. The highest BCUT2D eigenvalue weighted by Gasteiger charge is 2.54. The number of halogens is 4. The third-order valence-corrected chi connectivity index (χ3v) is 4.24. The second-order valence-corrected chi connectivity index (χ2v) is 5.72. The highest BCUT2D eigenvalue weighted by atomic mass is 19.4. The van der Waals surface area contributed by atoms with E-state index in [0.717, 1.165) is 44.5 Å². The fourth-order valence-corrected chi connectivity index (χ4v) is 2.95. The summed E-state index contributed by atoms with van der Waals surface area (Å²) in [4.78, 5) is 2.37. The largest absolute Gasteiger partial charge is 0.426 e. The summed E-state index contributed by atoms with van der Waals surface area (Å²) < 4.78 is 51.4. The Kier molecular flexibility index (Phi) is 4.57. The van der Waals surface area contributed by atoms with Crippen molar-refractivity contribution in [2.24, 2.45) is 5.92 Å². The molecule has 1 heterocycles. The van der Waals surface area contributed by atoms with Gasteiger partial charge in [-0.1, -0.05) is 19.1 Å². The van der Waals surface area contributed by atoms with E-state index in [9.17, 15) is 17.6 Å². The molecule has 20 heavy (non-hydrogen) atoms. The first-order valence-electron chi connectivity index (χ1n) is 7.23. The first-order valence-corrected chi connectivity index (χ1v) is 7.23. The SMILES string of the molecule is CCCN1CCC(C2=CCC(F)(C(F)(F)F)C=C2)CC1. The van der Waals surface area contributed by atoms with Crippen LogP contribution in [0.25, 0.3) is 0 Å². The maximum absolute atomic E-state index is 13.7. The molecule has 0 radical (unpaired) electrons. The van der Waals surface area contributed by atoms with E-state index in [4.69, 9.17) is 0 Å². The molecule has 0 aromatic heterocycles. The van der Waals surface area contributed by atoms with Crippen LogP contribution in [0.15, 0.2) is 23.8 Å². The van der Waals surface area contributed by atoms with Crippen molar-refractivity contribution in [1.29, 1.82) is 0 Å². The van der Waals surface area contributed by atoms with E-state index >= 15 is 0 Å². The predicted octanol–water partition coefficient (Wildman–Crippen LogP) is 4.27. The molecule has 1 aliphatic carbocycles. The number of hydrogen-bond acceptors (Lipinski definition) is 1. The lowest BCUT2D eigenvalue weighted by atomic mass is 9.83. The zero-order chi connectivity index (χ0) is 14.8. The van der Waals surface area contributed by atoms with Gasteiger partial charge in [0, 0.05) is 6.42 Å². The van der Waals surface area contributed by atoms with Gasteiger partial charge in [0.25, 0.3) is 0 Å². The molecular formula is C15H21F4N. The molecule has 0 N–H and O–H groups in total. The van der Waals surface area contributed by atoms with Crippen LogP contribution in [0.4, 0.5) is 17.6 Å². The maximum atomic E-state index is 13.7. The van der Waals surface area contributed by atoms with Gasteiger partial charge in [0.2, 0.25) is 5.67 Å². The number of allylic oxidation sites excluding steroid dienone is 4. The van der Waals surface area contributed by atoms with Crippen molar-refractivity contribution in [3.05, 3.63) is 23.8 Å². The molecule has 114 valence electrons. The van der Waals surface area contributed by atoms with Crippen LogP contribution in [0.3, 0.4) is 0 Å². The van der Waals surface area contributed by atoms with Crippen molar-refractivity contribution in [1.82, 2.24) is 4.90 Å². The lowest BCUT2D eigenvalue weighted by Crippen LogP contribution is -2.40. The molecule has 0 amide bonds. The molecule has 0 aromatic rings. The topological polar surface area (TPSA) is 3.24 Å². The summed E-state index contributed by atoms with van der Waals surface area (Å²) in [5, 5.41) is 0. The van der Waals surface area contributed by atoms with Crippen LogP contribution in [-0.4, -0.2) is 36.4 Å². The van der Waals surface area contributed by atoms with E-state index in [0.29, 0.717) is 6.08 Å². The first-order chi connectivity index (χ1) is 9.36. The van der Waals surface area contributed by atoms with Gasteiger partial charge in [-0.15, -0.1) is 0 Å². The molecule has 1 saturated heterocycles. The molecule has 0 spiro atoms. The molecule has 5 heteroatoms. The van der Waals surface area contributed by atoms with Crippen molar-refractivity contribution in [3.8, 4) is 0 Å². The Morgan fingerprint density at radius 2 is 1.95 bits per heavy atom. The van der Waals surface area contributed by atoms with Crippen LogP contribution in [-0.2, 0) is 0 Å². The van der Waals surface area contributed by atoms with Gasteiger partial charge in [-0.2, -0.15) is 13.2 Å². The Morgan fingerprint density at radius 3 is 2.40 bits per heavy atom. The summed E-state index contributed by atoms with van der Waals surface area (Å²) in [7, 11) is 0. The third kappa shape index (κ3) is 3.25. The number of likely N-dealkylation sites (tertiary alicyclic amines) is 1. The van der Waals surface area contributed by atoms with Gasteiger partial charge < -0.3 is 4.90 Å². The van der Waals surface area contributed by atoms with Crippen LogP contribution in [0.5, 0.6) is 0 Å². The molecule has 1 atom stereocenters. The smallest absolute Gasteiger partial charge is 0.303 e. The molecule has 1 nitrogen and oxygen atoms in total. The highest BCUT2D eigenvalue weighted by molar-refractivity contribution is 5.31. The average Bonchev–Trinajstić information content (AvgIpc) is 2.40. The zero-order valence-electron chi connectivity index (χ0n) is 11.7. The van der Waals surface area contributed by atoms with E-state index in [1.165, 1.54) is 12.2 Å². The molecule has 1 fully saturated rings. The summed E-state index contributed by atoms with van der Waals surface area (Å²) >= 11 is 0. The van der Waals surface area contributed by atoms with Crippen molar-refractivity contribution in [2.75, 3.05) is 19.6 Å². The summed E-state index contributed by atoms with van der Waals surface area (Å²) in [5.41, 5.74) is -2.31. The van der Waals surface area contributed by atoms with Crippen molar-refractivity contribution < 1.29 is 17.6 Å². The monoisotopic (exact) mass is 291 g/mol. The van der Waals surface area contributed by atoms with Crippen LogP contribution in [0, 0.1) is 5.92 Å². The minimum Gasteiger partial charge on any atom is -0.303 e. The van der Waals surface area contributed by atoms with Gasteiger partial charge in [0.1, 0.15) is 0 Å². The Hall–Kier alpha value is -0.840. The predicted molar refractivity (Wildman–Crippen MR) is 71.2 cm³/mol. The van der Waals surface area contributed by atoms with Gasteiger partial charge in [-0.3, -0.25) is 0 Å². The van der Waals surface area contributed by atoms with E-state index in [1.54, 1.807) is 0 Å². The Labute approximate surface area is 117 Å². The van der Waals surface area contributed by atoms with Crippen molar-refractivity contribution in [3.63, 3.8) is 0 Å². The first kappa shape index (κ1) is 15.5. The third-order valence-electron chi connectivity index (χ3n) is 4.24. The molecule has 2 rings (SSSR count). The second kappa shape index (κ2) is 5.88. The molecule has 1 aliphatic heterocycles. The van der Waals surface area contributed by atoms with Crippen LogP contribution in [0.1, 0.15) is 32.6 Å². The van der Waals surface area contributed by atoms with Gasteiger partial charge in [0.15, 0.2) is 0 Å². The lowest BCUT2D eigenvalue weighted by Gasteiger charge is -2.34. The number of piperidine rings is 1. The van der Waals surface area contributed by atoms with Gasteiger partial charge in [-0.25, -0.2) is 4.39 Å². The van der Waals surface area contributed by atoms with E-state index in [2.05, 4.69) is 11.8 Å². The van der Waals surface area contributed by atoms with Gasteiger partial charge in [0.05, 0.1) is 0 Å². The fraction of sp³-hybridized carbons (Fsp3) is 0.733.